The first-order valence-corrected chi connectivity index (χ1v) is 8.99. The molecule has 0 aromatic heterocycles. The summed E-state index contributed by atoms with van der Waals surface area (Å²) in [6.07, 6.45) is 0.800. The summed E-state index contributed by atoms with van der Waals surface area (Å²) in [5, 5.41) is 14.8. The Labute approximate surface area is 159 Å². The first-order chi connectivity index (χ1) is 13.2. The molecule has 5 nitrogen and oxygen atoms in total. The van der Waals surface area contributed by atoms with Crippen molar-refractivity contribution in [2.45, 2.75) is 33.0 Å². The molecule has 0 heterocycles. The van der Waals surface area contributed by atoms with Gasteiger partial charge in [-0.2, -0.15) is 0 Å². The third kappa shape index (κ3) is 6.08. The topological polar surface area (TPSA) is 68.1 Å². The van der Waals surface area contributed by atoms with Crippen LogP contribution in [-0.2, 0) is 21.0 Å². The Hall–Kier alpha value is -2.92. The van der Waals surface area contributed by atoms with Gasteiger partial charge in [-0.25, -0.2) is 4.79 Å². The number of ether oxygens (including phenoxy) is 1. The maximum atomic E-state index is 12.3. The Kier molecular flexibility index (Phi) is 8.26. The zero-order valence-corrected chi connectivity index (χ0v) is 15.7. The van der Waals surface area contributed by atoms with Crippen molar-refractivity contribution in [1.82, 2.24) is 0 Å². The zero-order valence-electron chi connectivity index (χ0n) is 15.7. The van der Waals surface area contributed by atoms with Crippen molar-refractivity contribution < 1.29 is 19.5 Å². The van der Waals surface area contributed by atoms with Crippen LogP contribution in [0.3, 0.4) is 0 Å². The van der Waals surface area contributed by atoms with Crippen molar-refractivity contribution in [1.29, 1.82) is 0 Å². The van der Waals surface area contributed by atoms with E-state index in [0.29, 0.717) is 29.7 Å². The monoisotopic (exact) mass is 367 g/mol. The number of rotatable bonds is 9. The number of nitrogens with zero attached hydrogens (tertiary/aromatic N) is 1. The molecule has 0 radical (unpaired) electrons. The molecule has 1 unspecified atom stereocenters. The highest BCUT2D eigenvalue weighted by Gasteiger charge is 2.21. The van der Waals surface area contributed by atoms with Gasteiger partial charge in [-0.15, -0.1) is 0 Å². The van der Waals surface area contributed by atoms with E-state index in [0.717, 1.165) is 5.56 Å². The number of oxime groups is 1. The Bertz CT molecular complexity index is 769. The highest BCUT2D eigenvalue weighted by Crippen LogP contribution is 2.25. The smallest absolute Gasteiger partial charge is 0.334 e. The van der Waals surface area contributed by atoms with E-state index in [2.05, 4.69) is 5.16 Å². The molecule has 2 aromatic carbocycles. The van der Waals surface area contributed by atoms with Crippen molar-refractivity contribution in [3.63, 3.8) is 0 Å². The van der Waals surface area contributed by atoms with Crippen LogP contribution in [0, 0.1) is 0 Å². The molecular weight excluding hydrogens is 342 g/mol. The lowest BCUT2D eigenvalue weighted by Gasteiger charge is -2.16. The normalized spacial score (nSPS) is 13.1. The molecule has 0 amide bonds. The molecule has 0 saturated heterocycles. The Morgan fingerprint density at radius 2 is 1.70 bits per heavy atom. The molecule has 142 valence electrons. The summed E-state index contributed by atoms with van der Waals surface area (Å²) < 4.78 is 5.13. The lowest BCUT2D eigenvalue weighted by molar-refractivity contribution is -0.138. The number of hydrogen-bond acceptors (Lipinski definition) is 5. The molecule has 1 N–H and O–H groups in total. The van der Waals surface area contributed by atoms with Gasteiger partial charge in [0.15, 0.2) is 0 Å². The van der Waals surface area contributed by atoms with E-state index in [4.69, 9.17) is 9.57 Å². The maximum absolute atomic E-state index is 12.3. The van der Waals surface area contributed by atoms with Gasteiger partial charge < -0.3 is 14.7 Å². The van der Waals surface area contributed by atoms with Gasteiger partial charge in [0.05, 0.1) is 12.8 Å². The molecule has 0 aliphatic heterocycles. The first-order valence-electron chi connectivity index (χ1n) is 8.99. The van der Waals surface area contributed by atoms with Gasteiger partial charge in [-0.05, 0) is 24.5 Å². The van der Waals surface area contributed by atoms with Crippen LogP contribution in [0.2, 0.25) is 0 Å². The summed E-state index contributed by atoms with van der Waals surface area (Å²) in [5.41, 5.74) is 2.39. The molecule has 2 rings (SSSR count). The molecule has 27 heavy (non-hydrogen) atoms. The maximum Gasteiger partial charge on any atom is 0.334 e. The average Bonchev–Trinajstić information content (AvgIpc) is 2.71. The molecule has 1 atom stereocenters. The standard InChI is InChI=1S/C22H25NO4/c1-3-19(22(25)26-4-2)20(21(24)18-13-9-6-10-14-18)15-23-27-16-17-11-7-5-8-12-17/h5-15,21,24H,3-4,16H2,1-2H3/b20-19+,23-15+. The van der Waals surface area contributed by atoms with Gasteiger partial charge in [0.1, 0.15) is 12.7 Å². The summed E-state index contributed by atoms with van der Waals surface area (Å²) in [4.78, 5) is 17.7. The Balaban J connectivity index is 2.25. The summed E-state index contributed by atoms with van der Waals surface area (Å²) in [6, 6.07) is 18.7. The molecule has 0 fully saturated rings. The largest absolute Gasteiger partial charge is 0.463 e. The van der Waals surface area contributed by atoms with E-state index >= 15 is 0 Å². The molecular formula is C22H25NO4. The van der Waals surface area contributed by atoms with Crippen LogP contribution in [0.1, 0.15) is 37.5 Å². The second-order valence-corrected chi connectivity index (χ2v) is 5.81. The molecule has 2 aromatic rings. The van der Waals surface area contributed by atoms with Crippen molar-refractivity contribution in [2.75, 3.05) is 6.61 Å². The average molecular weight is 367 g/mol. The highest BCUT2D eigenvalue weighted by molar-refractivity contribution is 5.97. The Morgan fingerprint density at radius 1 is 1.07 bits per heavy atom. The molecule has 0 saturated carbocycles. The molecule has 0 aliphatic carbocycles. The van der Waals surface area contributed by atoms with Crippen molar-refractivity contribution in [3.05, 3.63) is 82.9 Å². The second-order valence-electron chi connectivity index (χ2n) is 5.81. The number of aliphatic hydroxyl groups excluding tert-OH is 1. The summed E-state index contributed by atoms with van der Waals surface area (Å²) in [7, 11) is 0. The van der Waals surface area contributed by atoms with Crippen LogP contribution < -0.4 is 0 Å². The van der Waals surface area contributed by atoms with Gasteiger partial charge in [0.25, 0.3) is 0 Å². The minimum atomic E-state index is -1.00. The molecule has 0 aliphatic rings. The van der Waals surface area contributed by atoms with E-state index < -0.39 is 12.1 Å². The van der Waals surface area contributed by atoms with Crippen LogP contribution in [-0.4, -0.2) is 23.9 Å². The summed E-state index contributed by atoms with van der Waals surface area (Å²) in [5.74, 6) is -0.459. The van der Waals surface area contributed by atoms with Crippen molar-refractivity contribution in [2.24, 2.45) is 5.16 Å². The van der Waals surface area contributed by atoms with Crippen LogP contribution >= 0.6 is 0 Å². The third-order valence-electron chi connectivity index (χ3n) is 3.97. The summed E-state index contributed by atoms with van der Waals surface area (Å²) in [6.45, 7) is 4.14. The zero-order chi connectivity index (χ0) is 19.5. The SMILES string of the molecule is CCOC(=O)/C(CC)=C(\C=N\OCc1ccccc1)C(O)c1ccccc1. The first kappa shape index (κ1) is 20.4. The van der Waals surface area contributed by atoms with Gasteiger partial charge in [-0.3, -0.25) is 0 Å². The van der Waals surface area contributed by atoms with E-state index in [1.807, 2.05) is 55.5 Å². The van der Waals surface area contributed by atoms with Crippen LogP contribution in [0.15, 0.2) is 77.0 Å². The van der Waals surface area contributed by atoms with Gasteiger partial charge in [-0.1, -0.05) is 72.7 Å². The van der Waals surface area contributed by atoms with Crippen LogP contribution in [0.25, 0.3) is 0 Å². The third-order valence-corrected chi connectivity index (χ3v) is 3.97. The van der Waals surface area contributed by atoms with Gasteiger partial charge >= 0.3 is 5.97 Å². The van der Waals surface area contributed by atoms with Crippen LogP contribution in [0.5, 0.6) is 0 Å². The minimum absolute atomic E-state index is 0.263. The number of carbonyl (C=O) groups excluding carboxylic acids is 1. The summed E-state index contributed by atoms with van der Waals surface area (Å²) >= 11 is 0. The van der Waals surface area contributed by atoms with E-state index in [9.17, 15) is 9.90 Å². The van der Waals surface area contributed by atoms with Crippen molar-refractivity contribution in [3.8, 4) is 0 Å². The Morgan fingerprint density at radius 3 is 2.30 bits per heavy atom. The van der Waals surface area contributed by atoms with Gasteiger partial charge in [0, 0.05) is 11.1 Å². The van der Waals surface area contributed by atoms with Crippen molar-refractivity contribution >= 4 is 12.2 Å². The minimum Gasteiger partial charge on any atom is -0.463 e. The number of aliphatic hydroxyl groups is 1. The predicted molar refractivity (Wildman–Crippen MR) is 105 cm³/mol. The molecule has 0 bridgehead atoms. The fourth-order valence-electron chi connectivity index (χ4n) is 2.59. The quantitative estimate of drug-likeness (QED) is 0.312. The number of carbonyl (C=O) groups is 1. The fraction of sp³-hybridized carbons (Fsp3) is 0.273. The van der Waals surface area contributed by atoms with Crippen LogP contribution in [0.4, 0.5) is 0 Å². The number of hydrogen-bond donors (Lipinski definition) is 1. The van der Waals surface area contributed by atoms with E-state index in [1.54, 1.807) is 19.1 Å². The lowest BCUT2D eigenvalue weighted by Crippen LogP contribution is -2.15. The highest BCUT2D eigenvalue weighted by atomic mass is 16.6. The molecule has 5 heteroatoms. The van der Waals surface area contributed by atoms with E-state index in [-0.39, 0.29) is 6.61 Å². The second kappa shape index (κ2) is 10.9. The lowest BCUT2D eigenvalue weighted by atomic mass is 9.96. The number of esters is 1. The fourth-order valence-corrected chi connectivity index (χ4v) is 2.59. The van der Waals surface area contributed by atoms with E-state index in [1.165, 1.54) is 6.21 Å². The molecule has 0 spiro atoms. The number of benzene rings is 2. The van der Waals surface area contributed by atoms with Gasteiger partial charge in [0.2, 0.25) is 0 Å². The predicted octanol–water partition coefficient (Wildman–Crippen LogP) is 4.19.